The van der Waals surface area contributed by atoms with Crippen molar-refractivity contribution in [3.05, 3.63) is 38.5 Å². The van der Waals surface area contributed by atoms with Crippen molar-refractivity contribution in [3.63, 3.8) is 0 Å². The average molecular weight is 399 g/mol. The van der Waals surface area contributed by atoms with E-state index in [1.54, 1.807) is 17.0 Å². The minimum atomic E-state index is -0.801. The van der Waals surface area contributed by atoms with E-state index in [0.717, 1.165) is 17.8 Å². The highest BCUT2D eigenvalue weighted by Gasteiger charge is 2.28. The SMILES string of the molecule is O=C(O)CCCCCN1C(=O)c2cscc2Nc2cc(Cl)c(Cl)cc21. The lowest BCUT2D eigenvalue weighted by Gasteiger charge is -2.23. The fraction of sp³-hybridized carbons (Fsp3) is 0.294. The van der Waals surface area contributed by atoms with Gasteiger partial charge in [-0.15, -0.1) is 11.3 Å². The average Bonchev–Trinajstić information content (AvgIpc) is 2.98. The zero-order valence-electron chi connectivity index (χ0n) is 13.2. The van der Waals surface area contributed by atoms with Crippen LogP contribution < -0.4 is 10.2 Å². The van der Waals surface area contributed by atoms with Crippen LogP contribution in [-0.4, -0.2) is 23.5 Å². The number of aliphatic carboxylic acids is 1. The molecule has 1 aliphatic rings. The number of rotatable bonds is 6. The minimum absolute atomic E-state index is 0.0980. The third kappa shape index (κ3) is 3.92. The van der Waals surface area contributed by atoms with Crippen LogP contribution in [0.5, 0.6) is 0 Å². The van der Waals surface area contributed by atoms with Crippen LogP contribution in [0.4, 0.5) is 17.1 Å². The van der Waals surface area contributed by atoms with Crippen molar-refractivity contribution in [2.45, 2.75) is 25.7 Å². The third-order valence-corrected chi connectivity index (χ3v) is 5.47. The number of amides is 1. The summed E-state index contributed by atoms with van der Waals surface area (Å²) in [5, 5.41) is 16.5. The van der Waals surface area contributed by atoms with Crippen LogP contribution in [0.15, 0.2) is 22.9 Å². The van der Waals surface area contributed by atoms with Crippen molar-refractivity contribution in [3.8, 4) is 0 Å². The molecule has 1 aliphatic heterocycles. The standard InChI is InChI=1S/C17H16Cl2N2O3S/c18-11-6-13-15(7-12(11)19)21(5-3-1-2-4-16(22)23)17(24)10-8-25-9-14(10)20-13/h6-9,20H,1-5H2,(H,22,23). The first-order valence-corrected chi connectivity index (χ1v) is 9.53. The van der Waals surface area contributed by atoms with Crippen molar-refractivity contribution in [1.82, 2.24) is 0 Å². The number of benzene rings is 1. The van der Waals surface area contributed by atoms with Gasteiger partial charge in [-0.25, -0.2) is 0 Å². The molecule has 25 heavy (non-hydrogen) atoms. The fourth-order valence-electron chi connectivity index (χ4n) is 2.76. The molecule has 0 radical (unpaired) electrons. The Hall–Kier alpha value is -1.76. The van der Waals surface area contributed by atoms with Gasteiger partial charge in [0.25, 0.3) is 5.91 Å². The monoisotopic (exact) mass is 398 g/mol. The Bertz CT molecular complexity index is 822. The van der Waals surface area contributed by atoms with E-state index in [-0.39, 0.29) is 12.3 Å². The van der Waals surface area contributed by atoms with Crippen molar-refractivity contribution in [2.24, 2.45) is 0 Å². The van der Waals surface area contributed by atoms with Gasteiger partial charge >= 0.3 is 5.97 Å². The van der Waals surface area contributed by atoms with E-state index < -0.39 is 5.97 Å². The minimum Gasteiger partial charge on any atom is -0.481 e. The van der Waals surface area contributed by atoms with Gasteiger partial charge in [-0.3, -0.25) is 9.59 Å². The van der Waals surface area contributed by atoms with Crippen LogP contribution in [0, 0.1) is 0 Å². The second-order valence-electron chi connectivity index (χ2n) is 5.77. The van der Waals surface area contributed by atoms with Gasteiger partial charge in [0, 0.05) is 23.7 Å². The number of thiophene rings is 1. The summed E-state index contributed by atoms with van der Waals surface area (Å²) in [5.74, 6) is -0.899. The predicted octanol–water partition coefficient (Wildman–Crippen LogP) is 5.40. The predicted molar refractivity (Wildman–Crippen MR) is 102 cm³/mol. The molecular weight excluding hydrogens is 383 g/mol. The number of nitrogens with one attached hydrogen (secondary N) is 1. The van der Waals surface area contributed by atoms with Gasteiger partial charge in [0.05, 0.1) is 32.7 Å². The molecule has 3 rings (SSSR count). The quantitative estimate of drug-likeness (QED) is 0.638. The molecule has 132 valence electrons. The Kier molecular flexibility index (Phi) is 5.51. The van der Waals surface area contributed by atoms with Gasteiger partial charge in [-0.05, 0) is 25.0 Å². The van der Waals surface area contributed by atoms with Gasteiger partial charge in [0.2, 0.25) is 0 Å². The molecule has 2 aromatic rings. The Labute approximate surface area is 159 Å². The van der Waals surface area contributed by atoms with E-state index >= 15 is 0 Å². The van der Waals surface area contributed by atoms with Gasteiger partial charge in [-0.1, -0.05) is 29.6 Å². The van der Waals surface area contributed by atoms with E-state index in [1.807, 2.05) is 10.8 Å². The zero-order chi connectivity index (χ0) is 18.0. The van der Waals surface area contributed by atoms with Crippen LogP contribution in [0.1, 0.15) is 36.0 Å². The molecule has 0 unspecified atom stereocenters. The lowest BCUT2D eigenvalue weighted by Crippen LogP contribution is -2.31. The summed E-state index contributed by atoms with van der Waals surface area (Å²) in [6, 6.07) is 3.41. The molecule has 1 amide bonds. The summed E-state index contributed by atoms with van der Waals surface area (Å²) in [6.07, 6.45) is 2.17. The molecule has 0 saturated carbocycles. The Morgan fingerprint density at radius 1 is 1.12 bits per heavy atom. The normalized spacial score (nSPS) is 13.0. The van der Waals surface area contributed by atoms with Crippen molar-refractivity contribution >= 4 is 63.5 Å². The van der Waals surface area contributed by atoms with Crippen LogP contribution in [-0.2, 0) is 4.79 Å². The number of fused-ring (bicyclic) bond motifs is 2. The highest BCUT2D eigenvalue weighted by atomic mass is 35.5. The number of halogens is 2. The smallest absolute Gasteiger partial charge is 0.303 e. The lowest BCUT2D eigenvalue weighted by molar-refractivity contribution is -0.137. The topological polar surface area (TPSA) is 69.6 Å². The van der Waals surface area contributed by atoms with Crippen molar-refractivity contribution < 1.29 is 14.7 Å². The van der Waals surface area contributed by atoms with Crippen LogP contribution in [0.2, 0.25) is 10.0 Å². The Morgan fingerprint density at radius 3 is 2.64 bits per heavy atom. The summed E-state index contributed by atoms with van der Waals surface area (Å²) in [6.45, 7) is 0.486. The molecule has 0 fully saturated rings. The molecule has 0 bridgehead atoms. The van der Waals surface area contributed by atoms with Crippen LogP contribution >= 0.6 is 34.5 Å². The number of carbonyl (C=O) groups excluding carboxylic acids is 1. The van der Waals surface area contributed by atoms with Crippen molar-refractivity contribution in [2.75, 3.05) is 16.8 Å². The molecule has 2 heterocycles. The summed E-state index contributed by atoms with van der Waals surface area (Å²) in [5.41, 5.74) is 2.77. The summed E-state index contributed by atoms with van der Waals surface area (Å²) in [7, 11) is 0. The maximum atomic E-state index is 13.0. The van der Waals surface area contributed by atoms with E-state index in [4.69, 9.17) is 28.3 Å². The van der Waals surface area contributed by atoms with Gasteiger partial charge in [-0.2, -0.15) is 0 Å². The summed E-state index contributed by atoms with van der Waals surface area (Å²) < 4.78 is 0. The number of carboxylic acids is 1. The van der Waals surface area contributed by atoms with E-state index in [9.17, 15) is 9.59 Å². The number of carbonyl (C=O) groups is 2. The Morgan fingerprint density at radius 2 is 1.88 bits per heavy atom. The highest BCUT2D eigenvalue weighted by Crippen LogP contribution is 2.41. The van der Waals surface area contributed by atoms with Gasteiger partial charge in [0.15, 0.2) is 0 Å². The van der Waals surface area contributed by atoms with Crippen LogP contribution in [0.3, 0.4) is 0 Å². The lowest BCUT2D eigenvalue weighted by atomic mass is 10.1. The number of hydrogen-bond acceptors (Lipinski definition) is 4. The number of nitrogens with zero attached hydrogens (tertiary/aromatic N) is 1. The number of anilines is 3. The van der Waals surface area contributed by atoms with Crippen molar-refractivity contribution in [1.29, 1.82) is 0 Å². The third-order valence-electron chi connectivity index (χ3n) is 4.01. The molecule has 0 spiro atoms. The maximum absolute atomic E-state index is 13.0. The molecular formula is C17H16Cl2N2O3S. The summed E-state index contributed by atoms with van der Waals surface area (Å²) >= 11 is 13.7. The maximum Gasteiger partial charge on any atom is 0.303 e. The Balaban J connectivity index is 1.86. The first kappa shape index (κ1) is 18.0. The molecule has 0 aliphatic carbocycles. The van der Waals surface area contributed by atoms with Gasteiger partial charge < -0.3 is 15.3 Å². The number of hydrogen-bond donors (Lipinski definition) is 2. The van der Waals surface area contributed by atoms with E-state index in [2.05, 4.69) is 5.32 Å². The van der Waals surface area contributed by atoms with E-state index in [0.29, 0.717) is 40.7 Å². The number of unbranched alkanes of at least 4 members (excludes halogenated alkanes) is 2. The van der Waals surface area contributed by atoms with E-state index in [1.165, 1.54) is 11.3 Å². The van der Waals surface area contributed by atoms with Gasteiger partial charge in [0.1, 0.15) is 0 Å². The number of carboxylic acid groups (broad SMARTS) is 1. The second kappa shape index (κ2) is 7.64. The molecule has 2 N–H and O–H groups in total. The molecule has 5 nitrogen and oxygen atoms in total. The largest absolute Gasteiger partial charge is 0.481 e. The molecule has 8 heteroatoms. The summed E-state index contributed by atoms with van der Waals surface area (Å²) in [4.78, 5) is 25.2. The molecule has 0 atom stereocenters. The first-order chi connectivity index (χ1) is 12.0. The molecule has 1 aromatic heterocycles. The van der Waals surface area contributed by atoms with Crippen LogP contribution in [0.25, 0.3) is 0 Å². The second-order valence-corrected chi connectivity index (χ2v) is 7.33. The first-order valence-electron chi connectivity index (χ1n) is 7.83. The molecule has 1 aromatic carbocycles. The zero-order valence-corrected chi connectivity index (χ0v) is 15.5. The fourth-order valence-corrected chi connectivity index (χ4v) is 3.84. The molecule has 0 saturated heterocycles. The highest BCUT2D eigenvalue weighted by molar-refractivity contribution is 7.08.